The van der Waals surface area contributed by atoms with Gasteiger partial charge < -0.3 is 0 Å². The van der Waals surface area contributed by atoms with Gasteiger partial charge in [-0.1, -0.05) is 6.92 Å². The maximum absolute atomic E-state index is 3.95. The summed E-state index contributed by atoms with van der Waals surface area (Å²) in [4.78, 5) is 0. The summed E-state index contributed by atoms with van der Waals surface area (Å²) in [5.74, 6) is 1.33. The van der Waals surface area contributed by atoms with Gasteiger partial charge in [0.05, 0.1) is 6.21 Å². The van der Waals surface area contributed by atoms with Crippen LogP contribution in [0.4, 0.5) is 0 Å². The minimum atomic E-state index is 0.403. The third-order valence-electron chi connectivity index (χ3n) is 1.57. The maximum Gasteiger partial charge on any atom is 0.157 e. The molecule has 0 spiro atoms. The van der Waals surface area contributed by atoms with Crippen molar-refractivity contribution in [2.75, 3.05) is 0 Å². The largest absolute Gasteiger partial charge is 0.204 e. The number of rotatable bonds is 0. The average molecular weight is 135 g/mol. The molecule has 0 N–H and O–H groups in total. The summed E-state index contributed by atoms with van der Waals surface area (Å²) < 4.78 is 1.66. The van der Waals surface area contributed by atoms with Crippen molar-refractivity contribution in [3.8, 4) is 0 Å². The Morgan fingerprint density at radius 3 is 3.50 bits per heavy atom. The molecule has 1 radical (unpaired) electrons. The topological polar surface area (TPSA) is 43.1 Å². The minimum absolute atomic E-state index is 0.403. The van der Waals surface area contributed by atoms with E-state index in [9.17, 15) is 0 Å². The van der Waals surface area contributed by atoms with E-state index in [2.05, 4.69) is 28.4 Å². The van der Waals surface area contributed by atoms with Crippen LogP contribution in [-0.2, 0) is 0 Å². The van der Waals surface area contributed by atoms with Crippen LogP contribution in [0.2, 0.25) is 0 Å². The van der Waals surface area contributed by atoms with Crippen LogP contribution in [-0.4, -0.2) is 21.1 Å². The Bertz CT molecular complexity index is 262. The second-order valence-corrected chi connectivity index (χ2v) is 2.40. The molecule has 2 rings (SSSR count). The van der Waals surface area contributed by atoms with Crippen LogP contribution in [0.15, 0.2) is 11.4 Å². The van der Waals surface area contributed by atoms with E-state index in [0.717, 1.165) is 12.2 Å². The fraction of sp³-hybridized carbons (Fsp3) is 0.500. The first-order valence-electron chi connectivity index (χ1n) is 3.22. The lowest BCUT2D eigenvalue weighted by molar-refractivity contribution is 0.645. The summed E-state index contributed by atoms with van der Waals surface area (Å²) in [5.41, 5.74) is 0. The van der Waals surface area contributed by atoms with Gasteiger partial charge >= 0.3 is 0 Å². The molecule has 10 heavy (non-hydrogen) atoms. The van der Waals surface area contributed by atoms with E-state index in [0.29, 0.717) is 5.92 Å². The summed E-state index contributed by atoms with van der Waals surface area (Å²) in [6.45, 7) is 2.09. The minimum Gasteiger partial charge on any atom is -0.204 e. The van der Waals surface area contributed by atoms with Gasteiger partial charge in [0.25, 0.3) is 0 Å². The van der Waals surface area contributed by atoms with Gasteiger partial charge in [0.1, 0.15) is 6.33 Å². The van der Waals surface area contributed by atoms with Crippen LogP contribution >= 0.6 is 0 Å². The number of hydrogen-bond acceptors (Lipinski definition) is 3. The number of hydrogen-bond donors (Lipinski definition) is 0. The number of nitrogens with zero attached hydrogens (tertiary/aromatic N) is 4. The van der Waals surface area contributed by atoms with Crippen molar-refractivity contribution in [1.29, 1.82) is 0 Å². The van der Waals surface area contributed by atoms with Gasteiger partial charge in [-0.15, -0.1) is 10.2 Å². The molecule has 1 aliphatic heterocycles. The van der Waals surface area contributed by atoms with Gasteiger partial charge in [-0.3, -0.25) is 0 Å². The van der Waals surface area contributed by atoms with Crippen LogP contribution in [0.25, 0.3) is 0 Å². The third kappa shape index (κ3) is 0.650. The number of aromatic nitrogens is 3. The molecule has 51 valence electrons. The van der Waals surface area contributed by atoms with E-state index < -0.39 is 0 Å². The Morgan fingerprint density at radius 1 is 1.80 bits per heavy atom. The van der Waals surface area contributed by atoms with Gasteiger partial charge in [-0.05, 0) is 0 Å². The first-order chi connectivity index (χ1) is 4.88. The van der Waals surface area contributed by atoms with E-state index >= 15 is 0 Å². The predicted molar refractivity (Wildman–Crippen MR) is 35.9 cm³/mol. The molecular weight excluding hydrogens is 128 g/mol. The SMILES string of the molecule is CC1C[C]=Nn2cnnc21. The zero-order chi connectivity index (χ0) is 6.97. The highest BCUT2D eigenvalue weighted by Crippen LogP contribution is 2.17. The standard InChI is InChI=1S/C6H7N4/c1-5-2-3-8-10-4-7-9-6(5)10/h4-5H,2H2,1H3. The Balaban J connectivity index is 2.52. The maximum atomic E-state index is 3.95. The summed E-state index contributed by atoms with van der Waals surface area (Å²) in [6.07, 6.45) is 5.33. The monoisotopic (exact) mass is 135 g/mol. The summed E-state index contributed by atoms with van der Waals surface area (Å²) in [7, 11) is 0. The first-order valence-corrected chi connectivity index (χ1v) is 3.22. The van der Waals surface area contributed by atoms with Gasteiger partial charge in [-0.25, -0.2) is 4.68 Å². The lowest BCUT2D eigenvalue weighted by Crippen LogP contribution is -2.08. The van der Waals surface area contributed by atoms with Crippen molar-refractivity contribution in [2.24, 2.45) is 5.10 Å². The van der Waals surface area contributed by atoms with E-state index in [-0.39, 0.29) is 0 Å². The first kappa shape index (κ1) is 5.58. The highest BCUT2D eigenvalue weighted by Gasteiger charge is 2.14. The van der Waals surface area contributed by atoms with E-state index in [1.807, 2.05) is 0 Å². The molecule has 4 heteroatoms. The lowest BCUT2D eigenvalue weighted by atomic mass is 10.1. The second-order valence-electron chi connectivity index (χ2n) is 2.40. The van der Waals surface area contributed by atoms with Crippen LogP contribution in [0.3, 0.4) is 0 Å². The second kappa shape index (κ2) is 1.90. The van der Waals surface area contributed by atoms with Crippen LogP contribution in [0, 0.1) is 0 Å². The zero-order valence-electron chi connectivity index (χ0n) is 5.65. The molecular formula is C6H7N4. The molecule has 0 fully saturated rings. The van der Waals surface area contributed by atoms with Gasteiger partial charge in [0, 0.05) is 12.3 Å². The Morgan fingerprint density at radius 2 is 2.70 bits per heavy atom. The molecule has 0 saturated heterocycles. The summed E-state index contributed by atoms with van der Waals surface area (Å²) in [5, 5.41) is 11.6. The smallest absolute Gasteiger partial charge is 0.157 e. The van der Waals surface area contributed by atoms with Crippen molar-refractivity contribution in [3.05, 3.63) is 12.2 Å². The van der Waals surface area contributed by atoms with Gasteiger partial charge in [0.2, 0.25) is 0 Å². The van der Waals surface area contributed by atoms with E-state index in [1.54, 1.807) is 11.0 Å². The van der Waals surface area contributed by atoms with Crippen LogP contribution < -0.4 is 0 Å². The normalized spacial score (nSPS) is 22.7. The fourth-order valence-electron chi connectivity index (χ4n) is 0.985. The highest BCUT2D eigenvalue weighted by atomic mass is 15.4. The van der Waals surface area contributed by atoms with Crippen molar-refractivity contribution < 1.29 is 0 Å². The third-order valence-corrected chi connectivity index (χ3v) is 1.57. The Labute approximate surface area is 58.6 Å². The van der Waals surface area contributed by atoms with Crippen molar-refractivity contribution in [1.82, 2.24) is 14.9 Å². The molecule has 1 aromatic heterocycles. The quantitative estimate of drug-likeness (QED) is 0.519. The fourth-order valence-corrected chi connectivity index (χ4v) is 0.985. The molecule has 1 unspecified atom stereocenters. The van der Waals surface area contributed by atoms with Crippen molar-refractivity contribution in [2.45, 2.75) is 19.3 Å². The van der Waals surface area contributed by atoms with Crippen LogP contribution in [0.5, 0.6) is 0 Å². The van der Waals surface area contributed by atoms with Gasteiger partial charge in [-0.2, -0.15) is 5.10 Å². The molecule has 2 heterocycles. The van der Waals surface area contributed by atoms with Crippen molar-refractivity contribution >= 4 is 6.21 Å². The molecule has 0 aromatic carbocycles. The molecule has 0 amide bonds. The van der Waals surface area contributed by atoms with E-state index in [4.69, 9.17) is 0 Å². The average Bonchev–Trinajstić information content (AvgIpc) is 2.36. The molecule has 0 aliphatic carbocycles. The summed E-state index contributed by atoms with van der Waals surface area (Å²) in [6, 6.07) is 0. The molecule has 1 aromatic rings. The Hall–Kier alpha value is -1.19. The zero-order valence-corrected chi connectivity index (χ0v) is 5.65. The highest BCUT2D eigenvalue weighted by molar-refractivity contribution is 5.59. The molecule has 1 atom stereocenters. The molecule has 0 bridgehead atoms. The molecule has 1 aliphatic rings. The Kier molecular flexibility index (Phi) is 1.06. The molecule has 4 nitrogen and oxygen atoms in total. The molecule has 0 saturated carbocycles. The predicted octanol–water partition coefficient (Wildman–Crippen LogP) is 0.496. The van der Waals surface area contributed by atoms with Crippen LogP contribution in [0.1, 0.15) is 25.1 Å². The van der Waals surface area contributed by atoms with Gasteiger partial charge in [0.15, 0.2) is 5.82 Å². The van der Waals surface area contributed by atoms with Crippen molar-refractivity contribution in [3.63, 3.8) is 0 Å². The van der Waals surface area contributed by atoms with E-state index in [1.165, 1.54) is 0 Å². The lowest BCUT2D eigenvalue weighted by Gasteiger charge is -2.09. The number of fused-ring (bicyclic) bond motifs is 1. The summed E-state index contributed by atoms with van der Waals surface area (Å²) >= 11 is 0.